The van der Waals surface area contributed by atoms with Gasteiger partial charge in [0.1, 0.15) is 17.6 Å². The zero-order valence-corrected chi connectivity index (χ0v) is 18.3. The van der Waals surface area contributed by atoms with Crippen molar-refractivity contribution in [3.05, 3.63) is 64.9 Å². The number of carbonyl (C=O) groups excluding carboxylic acids is 2. The van der Waals surface area contributed by atoms with Crippen molar-refractivity contribution in [2.75, 3.05) is 13.2 Å². The molecule has 0 aliphatic heterocycles. The Morgan fingerprint density at radius 2 is 1.87 bits per heavy atom. The van der Waals surface area contributed by atoms with Gasteiger partial charge in [0.25, 0.3) is 5.91 Å². The second-order valence-electron chi connectivity index (χ2n) is 7.46. The standard InChI is InChI=1S/C23H28ClFN2O3/c1-4-21(23(29)26-13-16(2)3)27(14-17-8-10-19(25)11-9-17)22(28)15-30-20-7-5-6-18(24)12-20/h5-12,16,21H,4,13-15H2,1-3H3,(H,26,29)/t21-/m0/s1. The van der Waals surface area contributed by atoms with Gasteiger partial charge in [0, 0.05) is 18.1 Å². The molecule has 2 aromatic carbocycles. The molecule has 162 valence electrons. The van der Waals surface area contributed by atoms with Gasteiger partial charge in [0.2, 0.25) is 5.91 Å². The molecule has 1 atom stereocenters. The fourth-order valence-corrected chi connectivity index (χ4v) is 3.09. The summed E-state index contributed by atoms with van der Waals surface area (Å²) in [5.41, 5.74) is 0.725. The molecule has 5 nitrogen and oxygen atoms in total. The van der Waals surface area contributed by atoms with Crippen molar-refractivity contribution >= 4 is 23.4 Å². The van der Waals surface area contributed by atoms with E-state index in [1.165, 1.54) is 17.0 Å². The largest absolute Gasteiger partial charge is 0.484 e. The third-order valence-electron chi connectivity index (χ3n) is 4.50. The second-order valence-corrected chi connectivity index (χ2v) is 7.89. The summed E-state index contributed by atoms with van der Waals surface area (Å²) in [6.07, 6.45) is 0.439. The van der Waals surface area contributed by atoms with Crippen molar-refractivity contribution in [3.63, 3.8) is 0 Å². The second kappa shape index (κ2) is 11.6. The number of ether oxygens (including phenoxy) is 1. The van der Waals surface area contributed by atoms with E-state index < -0.39 is 6.04 Å². The van der Waals surface area contributed by atoms with Crippen LogP contribution in [0.1, 0.15) is 32.8 Å². The van der Waals surface area contributed by atoms with Crippen LogP contribution in [0.4, 0.5) is 4.39 Å². The zero-order chi connectivity index (χ0) is 22.1. The first-order valence-corrected chi connectivity index (χ1v) is 10.4. The maximum atomic E-state index is 13.3. The number of benzene rings is 2. The summed E-state index contributed by atoms with van der Waals surface area (Å²) < 4.78 is 18.9. The minimum Gasteiger partial charge on any atom is -0.484 e. The molecule has 0 unspecified atom stereocenters. The van der Waals surface area contributed by atoms with Gasteiger partial charge < -0.3 is 15.0 Å². The molecule has 0 aliphatic carbocycles. The van der Waals surface area contributed by atoms with Crippen LogP contribution >= 0.6 is 11.6 Å². The molecule has 0 saturated carbocycles. The smallest absolute Gasteiger partial charge is 0.261 e. The van der Waals surface area contributed by atoms with Crippen molar-refractivity contribution in [1.29, 1.82) is 0 Å². The fraction of sp³-hybridized carbons (Fsp3) is 0.391. The van der Waals surface area contributed by atoms with Gasteiger partial charge in [0.05, 0.1) is 0 Å². The number of carbonyl (C=O) groups is 2. The highest BCUT2D eigenvalue weighted by Crippen LogP contribution is 2.18. The van der Waals surface area contributed by atoms with E-state index >= 15 is 0 Å². The van der Waals surface area contributed by atoms with E-state index in [1.807, 2.05) is 20.8 Å². The Kier molecular flexibility index (Phi) is 9.12. The predicted molar refractivity (Wildman–Crippen MR) is 116 cm³/mol. The van der Waals surface area contributed by atoms with Gasteiger partial charge >= 0.3 is 0 Å². The Hall–Kier alpha value is -2.60. The number of rotatable bonds is 10. The number of halogens is 2. The van der Waals surface area contributed by atoms with Crippen LogP contribution in [-0.4, -0.2) is 35.9 Å². The van der Waals surface area contributed by atoms with Crippen LogP contribution in [0.25, 0.3) is 0 Å². The molecule has 2 amide bonds. The molecule has 0 heterocycles. The first-order chi connectivity index (χ1) is 14.3. The van der Waals surface area contributed by atoms with Crippen LogP contribution in [0.3, 0.4) is 0 Å². The Morgan fingerprint density at radius 3 is 2.47 bits per heavy atom. The van der Waals surface area contributed by atoms with E-state index in [0.29, 0.717) is 29.7 Å². The molecule has 0 bridgehead atoms. The monoisotopic (exact) mass is 434 g/mol. The Morgan fingerprint density at radius 1 is 1.17 bits per heavy atom. The third kappa shape index (κ3) is 7.34. The lowest BCUT2D eigenvalue weighted by Gasteiger charge is -2.30. The summed E-state index contributed by atoms with van der Waals surface area (Å²) in [4.78, 5) is 27.3. The SMILES string of the molecule is CC[C@@H](C(=O)NCC(C)C)N(Cc1ccc(F)cc1)C(=O)COc1cccc(Cl)c1. The molecule has 0 fully saturated rings. The average Bonchev–Trinajstić information content (AvgIpc) is 2.71. The van der Waals surface area contributed by atoms with E-state index in [0.717, 1.165) is 5.56 Å². The molecule has 0 saturated heterocycles. The Bertz CT molecular complexity index is 843. The van der Waals surface area contributed by atoms with Crippen LogP contribution in [-0.2, 0) is 16.1 Å². The maximum Gasteiger partial charge on any atom is 0.261 e. The normalized spacial score (nSPS) is 11.8. The van der Waals surface area contributed by atoms with Gasteiger partial charge in [-0.15, -0.1) is 0 Å². The number of nitrogens with one attached hydrogen (secondary N) is 1. The van der Waals surface area contributed by atoms with Crippen LogP contribution in [0.5, 0.6) is 5.75 Å². The molecule has 0 aromatic heterocycles. The van der Waals surface area contributed by atoms with E-state index in [4.69, 9.17) is 16.3 Å². The number of hydrogen-bond acceptors (Lipinski definition) is 3. The van der Waals surface area contributed by atoms with Crippen LogP contribution < -0.4 is 10.1 Å². The third-order valence-corrected chi connectivity index (χ3v) is 4.73. The Labute approximate surface area is 182 Å². The van der Waals surface area contributed by atoms with Crippen LogP contribution in [0.15, 0.2) is 48.5 Å². The molecule has 30 heavy (non-hydrogen) atoms. The first kappa shape index (κ1) is 23.7. The zero-order valence-electron chi connectivity index (χ0n) is 17.5. The lowest BCUT2D eigenvalue weighted by Crippen LogP contribution is -2.50. The Balaban J connectivity index is 2.18. The van der Waals surface area contributed by atoms with Gasteiger partial charge in [-0.25, -0.2) is 4.39 Å². The van der Waals surface area contributed by atoms with Gasteiger partial charge in [-0.3, -0.25) is 9.59 Å². The molecule has 0 radical (unpaired) electrons. The highest BCUT2D eigenvalue weighted by atomic mass is 35.5. The summed E-state index contributed by atoms with van der Waals surface area (Å²) in [6.45, 7) is 6.30. The number of amides is 2. The fourth-order valence-electron chi connectivity index (χ4n) is 2.91. The van der Waals surface area contributed by atoms with E-state index in [9.17, 15) is 14.0 Å². The summed E-state index contributed by atoms with van der Waals surface area (Å²) in [6, 6.07) is 12.0. The maximum absolute atomic E-state index is 13.3. The van der Waals surface area contributed by atoms with Crippen molar-refractivity contribution < 1.29 is 18.7 Å². The minimum absolute atomic E-state index is 0.172. The van der Waals surface area contributed by atoms with E-state index in [-0.39, 0.29) is 30.8 Å². The summed E-state index contributed by atoms with van der Waals surface area (Å²) >= 11 is 5.96. The minimum atomic E-state index is -0.663. The number of hydrogen-bond donors (Lipinski definition) is 1. The van der Waals surface area contributed by atoms with Crippen molar-refractivity contribution in [2.24, 2.45) is 5.92 Å². The predicted octanol–water partition coefficient (Wildman–Crippen LogP) is 4.44. The molecule has 7 heteroatoms. The summed E-state index contributed by atoms with van der Waals surface area (Å²) in [7, 11) is 0. The average molecular weight is 435 g/mol. The van der Waals surface area contributed by atoms with Crippen molar-refractivity contribution in [1.82, 2.24) is 10.2 Å². The molecular formula is C23H28ClFN2O3. The quantitative estimate of drug-likeness (QED) is 0.601. The topological polar surface area (TPSA) is 58.6 Å². The summed E-state index contributed by atoms with van der Waals surface area (Å²) in [5.74, 6) is -0.161. The molecule has 1 N–H and O–H groups in total. The lowest BCUT2D eigenvalue weighted by molar-refractivity contribution is -0.143. The number of nitrogens with zero attached hydrogens (tertiary/aromatic N) is 1. The lowest BCUT2D eigenvalue weighted by atomic mass is 10.1. The molecular weight excluding hydrogens is 407 g/mol. The molecule has 2 rings (SSSR count). The highest BCUT2D eigenvalue weighted by molar-refractivity contribution is 6.30. The van der Waals surface area contributed by atoms with Crippen molar-refractivity contribution in [2.45, 2.75) is 39.8 Å². The van der Waals surface area contributed by atoms with Crippen molar-refractivity contribution in [3.8, 4) is 5.75 Å². The van der Waals surface area contributed by atoms with Gasteiger partial charge in [-0.2, -0.15) is 0 Å². The van der Waals surface area contributed by atoms with Crippen LogP contribution in [0, 0.1) is 11.7 Å². The molecule has 2 aromatic rings. The van der Waals surface area contributed by atoms with Gasteiger partial charge in [0.15, 0.2) is 6.61 Å². The van der Waals surface area contributed by atoms with Gasteiger partial charge in [-0.05, 0) is 48.2 Å². The van der Waals surface area contributed by atoms with Crippen LogP contribution in [0.2, 0.25) is 5.02 Å². The molecule has 0 spiro atoms. The summed E-state index contributed by atoms with van der Waals surface area (Å²) in [5, 5.41) is 3.40. The van der Waals surface area contributed by atoms with E-state index in [1.54, 1.807) is 36.4 Å². The molecule has 0 aliphatic rings. The van der Waals surface area contributed by atoms with E-state index in [2.05, 4.69) is 5.32 Å². The highest BCUT2D eigenvalue weighted by Gasteiger charge is 2.29. The van der Waals surface area contributed by atoms with Gasteiger partial charge in [-0.1, -0.05) is 50.6 Å². The first-order valence-electron chi connectivity index (χ1n) is 10.00.